The zero-order valence-electron chi connectivity index (χ0n) is 21.0. The predicted molar refractivity (Wildman–Crippen MR) is 137 cm³/mol. The van der Waals surface area contributed by atoms with Gasteiger partial charge in [0, 0.05) is 24.8 Å². The Morgan fingerprint density at radius 1 is 0.848 bits per heavy atom. The van der Waals surface area contributed by atoms with Crippen LogP contribution in [0.5, 0.6) is 5.75 Å². The van der Waals surface area contributed by atoms with Gasteiger partial charge in [-0.05, 0) is 59.9 Å². The number of anilines is 2. The standard InChI is InChI=1S/C24H27N3O.C2H3N.C2H6/c1-18(2)16-27(23-9-11-24(12-10-23)28-17-19(3)4)22-7-5-20(6-8-22)13-21(14-25)15-26;1-2-3;1-2/h5-13,18-19H,16-17H2,1-4H3;1H3;1-2H3. The Balaban J connectivity index is 0.00000189. The second kappa shape index (κ2) is 16.9. The molecule has 2 rings (SSSR count). The number of nitrogens with zero attached hydrogens (tertiary/aromatic N) is 4. The molecule has 0 aromatic heterocycles. The zero-order chi connectivity index (χ0) is 25.2. The van der Waals surface area contributed by atoms with Crippen LogP contribution in [0, 0.1) is 45.8 Å². The summed E-state index contributed by atoms with van der Waals surface area (Å²) < 4.78 is 5.79. The molecule has 2 aromatic carbocycles. The molecule has 0 N–H and O–H groups in total. The summed E-state index contributed by atoms with van der Waals surface area (Å²) in [4.78, 5) is 2.26. The van der Waals surface area contributed by atoms with Crippen molar-refractivity contribution in [1.29, 1.82) is 15.8 Å². The maximum Gasteiger partial charge on any atom is 0.130 e. The average Bonchev–Trinajstić information content (AvgIpc) is 2.82. The molecule has 0 atom stereocenters. The monoisotopic (exact) mass is 444 g/mol. The number of hydrogen-bond acceptors (Lipinski definition) is 5. The van der Waals surface area contributed by atoms with E-state index in [1.165, 1.54) is 6.92 Å². The van der Waals surface area contributed by atoms with Crippen molar-refractivity contribution in [2.24, 2.45) is 11.8 Å². The number of hydrogen-bond donors (Lipinski definition) is 0. The Morgan fingerprint density at radius 3 is 1.70 bits per heavy atom. The average molecular weight is 445 g/mol. The number of nitriles is 3. The smallest absolute Gasteiger partial charge is 0.130 e. The topological polar surface area (TPSA) is 83.8 Å². The molecule has 0 saturated heterocycles. The Kier molecular flexibility index (Phi) is 15.0. The first-order valence-corrected chi connectivity index (χ1v) is 11.3. The molecule has 0 aliphatic heterocycles. The first kappa shape index (κ1) is 29.2. The predicted octanol–water partition coefficient (Wildman–Crippen LogP) is 7.50. The molecule has 0 radical (unpaired) electrons. The van der Waals surface area contributed by atoms with E-state index in [1.54, 1.807) is 12.1 Å². The van der Waals surface area contributed by atoms with Gasteiger partial charge in [0.1, 0.15) is 23.5 Å². The summed E-state index contributed by atoms with van der Waals surface area (Å²) in [5, 5.41) is 25.1. The maximum atomic E-state index is 8.91. The minimum atomic E-state index is 0.101. The van der Waals surface area contributed by atoms with Gasteiger partial charge in [0.05, 0.1) is 12.7 Å². The first-order chi connectivity index (χ1) is 15.8. The van der Waals surface area contributed by atoms with E-state index in [-0.39, 0.29) is 5.57 Å². The van der Waals surface area contributed by atoms with E-state index in [2.05, 4.69) is 44.7 Å². The van der Waals surface area contributed by atoms with Crippen LogP contribution in [0.2, 0.25) is 0 Å². The Morgan fingerprint density at radius 2 is 1.30 bits per heavy atom. The maximum absolute atomic E-state index is 8.91. The molecule has 2 aromatic rings. The fraction of sp³-hybridized carbons (Fsp3) is 0.393. The van der Waals surface area contributed by atoms with Crippen molar-refractivity contribution >= 4 is 17.5 Å². The van der Waals surface area contributed by atoms with Gasteiger partial charge in [0.15, 0.2) is 0 Å². The summed E-state index contributed by atoms with van der Waals surface area (Å²) in [6.45, 7) is 15.7. The van der Waals surface area contributed by atoms with Crippen LogP contribution in [0.15, 0.2) is 54.1 Å². The van der Waals surface area contributed by atoms with Gasteiger partial charge in [0.2, 0.25) is 0 Å². The molecule has 0 saturated carbocycles. The van der Waals surface area contributed by atoms with Gasteiger partial charge >= 0.3 is 0 Å². The Bertz CT molecular complexity index is 937. The molecule has 0 aliphatic carbocycles. The highest BCUT2D eigenvalue weighted by Gasteiger charge is 2.12. The van der Waals surface area contributed by atoms with E-state index in [9.17, 15) is 0 Å². The number of allylic oxidation sites excluding steroid dienone is 1. The third-order valence-electron chi connectivity index (χ3n) is 4.04. The lowest BCUT2D eigenvalue weighted by Gasteiger charge is -2.27. The highest BCUT2D eigenvalue weighted by molar-refractivity contribution is 5.68. The minimum absolute atomic E-state index is 0.101. The second-order valence-corrected chi connectivity index (χ2v) is 7.80. The molecule has 5 nitrogen and oxygen atoms in total. The quantitative estimate of drug-likeness (QED) is 0.393. The van der Waals surface area contributed by atoms with Gasteiger partial charge in [-0.3, -0.25) is 0 Å². The van der Waals surface area contributed by atoms with Crippen LogP contribution >= 0.6 is 0 Å². The van der Waals surface area contributed by atoms with Crippen LogP contribution in [-0.4, -0.2) is 13.2 Å². The van der Waals surface area contributed by atoms with Crippen molar-refractivity contribution in [3.63, 3.8) is 0 Å². The van der Waals surface area contributed by atoms with Gasteiger partial charge in [-0.25, -0.2) is 0 Å². The minimum Gasteiger partial charge on any atom is -0.493 e. The van der Waals surface area contributed by atoms with Crippen molar-refractivity contribution in [1.82, 2.24) is 0 Å². The van der Waals surface area contributed by atoms with E-state index < -0.39 is 0 Å². The Labute approximate surface area is 200 Å². The molecule has 0 fully saturated rings. The molecular weight excluding hydrogens is 408 g/mol. The number of rotatable bonds is 8. The first-order valence-electron chi connectivity index (χ1n) is 11.3. The Hall–Kier alpha value is -3.75. The molecule has 5 heteroatoms. The molecule has 0 unspecified atom stereocenters. The van der Waals surface area contributed by atoms with Crippen LogP contribution in [0.3, 0.4) is 0 Å². The van der Waals surface area contributed by atoms with Crippen molar-refractivity contribution < 1.29 is 4.74 Å². The van der Waals surface area contributed by atoms with Crippen LogP contribution < -0.4 is 9.64 Å². The lowest BCUT2D eigenvalue weighted by molar-refractivity contribution is 0.271. The summed E-state index contributed by atoms with van der Waals surface area (Å²) in [6.07, 6.45) is 1.59. The van der Waals surface area contributed by atoms with Crippen molar-refractivity contribution in [2.45, 2.75) is 48.5 Å². The molecule has 0 aliphatic rings. The van der Waals surface area contributed by atoms with E-state index in [4.69, 9.17) is 20.5 Å². The lowest BCUT2D eigenvalue weighted by atomic mass is 10.1. The van der Waals surface area contributed by atoms with Gasteiger partial charge in [0.25, 0.3) is 0 Å². The number of benzene rings is 2. The van der Waals surface area contributed by atoms with Crippen molar-refractivity contribution in [2.75, 3.05) is 18.1 Å². The van der Waals surface area contributed by atoms with E-state index >= 15 is 0 Å². The van der Waals surface area contributed by atoms with Crippen LogP contribution in [-0.2, 0) is 0 Å². The summed E-state index contributed by atoms with van der Waals surface area (Å²) in [7, 11) is 0. The van der Waals surface area contributed by atoms with E-state index in [1.807, 2.05) is 62.4 Å². The lowest BCUT2D eigenvalue weighted by Crippen LogP contribution is -2.22. The van der Waals surface area contributed by atoms with Crippen molar-refractivity contribution in [3.05, 3.63) is 59.7 Å². The third kappa shape index (κ3) is 11.4. The van der Waals surface area contributed by atoms with Gasteiger partial charge in [-0.15, -0.1) is 0 Å². The summed E-state index contributed by atoms with van der Waals surface area (Å²) in [5.74, 6) is 1.86. The van der Waals surface area contributed by atoms with Gasteiger partial charge in [-0.2, -0.15) is 15.8 Å². The molecular formula is C28H36N4O. The normalized spacial score (nSPS) is 9.15. The fourth-order valence-electron chi connectivity index (χ4n) is 2.72. The molecule has 0 amide bonds. The summed E-state index contributed by atoms with van der Waals surface area (Å²) >= 11 is 0. The zero-order valence-corrected chi connectivity index (χ0v) is 21.0. The third-order valence-corrected chi connectivity index (χ3v) is 4.04. The molecule has 0 bridgehead atoms. The van der Waals surface area contributed by atoms with E-state index in [0.717, 1.165) is 29.2 Å². The molecule has 174 valence electrons. The van der Waals surface area contributed by atoms with E-state index in [0.29, 0.717) is 18.4 Å². The SMILES string of the molecule is CC.CC#N.CC(C)COc1ccc(N(CC(C)C)c2ccc(C=C(C#N)C#N)cc2)cc1. The van der Waals surface area contributed by atoms with Crippen molar-refractivity contribution in [3.8, 4) is 24.0 Å². The second-order valence-electron chi connectivity index (χ2n) is 7.80. The highest BCUT2D eigenvalue weighted by Crippen LogP contribution is 2.29. The highest BCUT2D eigenvalue weighted by atomic mass is 16.5. The molecule has 33 heavy (non-hydrogen) atoms. The summed E-state index contributed by atoms with van der Waals surface area (Å²) in [5.41, 5.74) is 3.10. The van der Waals surface area contributed by atoms with Crippen LogP contribution in [0.4, 0.5) is 11.4 Å². The van der Waals surface area contributed by atoms with Gasteiger partial charge in [-0.1, -0.05) is 53.7 Å². The van der Waals surface area contributed by atoms with Crippen LogP contribution in [0.25, 0.3) is 6.08 Å². The van der Waals surface area contributed by atoms with Gasteiger partial charge < -0.3 is 9.64 Å². The number of ether oxygens (including phenoxy) is 1. The largest absolute Gasteiger partial charge is 0.493 e. The fourth-order valence-corrected chi connectivity index (χ4v) is 2.72. The summed E-state index contributed by atoms with van der Waals surface area (Å²) in [6, 6.07) is 21.6. The molecule has 0 spiro atoms. The van der Waals surface area contributed by atoms with Crippen LogP contribution in [0.1, 0.15) is 54.0 Å². The molecule has 0 heterocycles.